The summed E-state index contributed by atoms with van der Waals surface area (Å²) in [4.78, 5) is 21.7. The van der Waals surface area contributed by atoms with Crippen molar-refractivity contribution in [3.05, 3.63) is 75.3 Å². The summed E-state index contributed by atoms with van der Waals surface area (Å²) in [5, 5.41) is 14.2. The zero-order valence-electron chi connectivity index (χ0n) is 22.9. The molecule has 1 saturated heterocycles. The lowest BCUT2D eigenvalue weighted by molar-refractivity contribution is 0.0982. The predicted molar refractivity (Wildman–Crippen MR) is 151 cm³/mol. The second kappa shape index (κ2) is 10.7. The smallest absolute Gasteiger partial charge is 0.253 e. The number of tetrazole rings is 1. The summed E-state index contributed by atoms with van der Waals surface area (Å²) in [6, 6.07) is 14.3. The van der Waals surface area contributed by atoms with Gasteiger partial charge in [0.2, 0.25) is 6.79 Å². The van der Waals surface area contributed by atoms with Crippen LogP contribution in [0.15, 0.2) is 47.3 Å². The molecule has 2 aromatic heterocycles. The number of hydrogen-bond acceptors (Lipinski definition) is 8. The number of fused-ring (bicyclic) bond motifs is 2. The molecule has 3 aliphatic rings. The van der Waals surface area contributed by atoms with E-state index in [1.807, 2.05) is 35.9 Å². The quantitative estimate of drug-likeness (QED) is 0.392. The van der Waals surface area contributed by atoms with Crippen LogP contribution in [0.2, 0.25) is 0 Å². The van der Waals surface area contributed by atoms with Crippen molar-refractivity contribution >= 4 is 10.9 Å². The molecule has 10 heteroatoms. The van der Waals surface area contributed by atoms with Crippen LogP contribution in [0.1, 0.15) is 66.7 Å². The number of aromatic nitrogens is 5. The van der Waals surface area contributed by atoms with Crippen LogP contribution in [-0.4, -0.2) is 68.0 Å². The molecule has 4 heterocycles. The third kappa shape index (κ3) is 4.75. The molecule has 10 nitrogen and oxygen atoms in total. The number of benzene rings is 2. The van der Waals surface area contributed by atoms with Gasteiger partial charge in [-0.3, -0.25) is 14.6 Å². The van der Waals surface area contributed by atoms with Crippen LogP contribution in [0.3, 0.4) is 0 Å². The van der Waals surface area contributed by atoms with Gasteiger partial charge in [-0.2, -0.15) is 0 Å². The molecule has 1 aliphatic carbocycles. The van der Waals surface area contributed by atoms with E-state index in [1.165, 1.54) is 24.8 Å². The van der Waals surface area contributed by atoms with Crippen molar-refractivity contribution in [3.63, 3.8) is 0 Å². The minimum atomic E-state index is -0.321. The summed E-state index contributed by atoms with van der Waals surface area (Å²) in [5.41, 5.74) is 3.77. The SMILES string of the molecule is Cc1cccc2cc(C(c3nnnn3C3CCCCC3)N3CCN(Cc4ccc5c(c4)OCO5)CC3)c(=O)[nH]c12. The topological polar surface area (TPSA) is 101 Å². The summed E-state index contributed by atoms with van der Waals surface area (Å²) in [5.74, 6) is 2.40. The Labute approximate surface area is 232 Å². The highest BCUT2D eigenvalue weighted by molar-refractivity contribution is 5.82. The molecule has 1 atom stereocenters. The summed E-state index contributed by atoms with van der Waals surface area (Å²) in [7, 11) is 0. The minimum Gasteiger partial charge on any atom is -0.454 e. The highest BCUT2D eigenvalue weighted by Gasteiger charge is 2.34. The van der Waals surface area contributed by atoms with E-state index in [-0.39, 0.29) is 24.4 Å². The van der Waals surface area contributed by atoms with Gasteiger partial charge in [-0.1, -0.05) is 43.5 Å². The Balaban J connectivity index is 1.19. The molecule has 1 unspecified atom stereocenters. The lowest BCUT2D eigenvalue weighted by Gasteiger charge is -2.39. The fourth-order valence-electron chi connectivity index (χ4n) is 6.55. The second-order valence-electron chi connectivity index (χ2n) is 11.3. The second-order valence-corrected chi connectivity index (χ2v) is 11.3. The summed E-state index contributed by atoms with van der Waals surface area (Å²) < 4.78 is 13.1. The van der Waals surface area contributed by atoms with Gasteiger partial charge in [0, 0.05) is 38.3 Å². The van der Waals surface area contributed by atoms with Gasteiger partial charge < -0.3 is 14.5 Å². The van der Waals surface area contributed by atoms with Gasteiger partial charge in [0.1, 0.15) is 6.04 Å². The number of nitrogens with zero attached hydrogens (tertiary/aromatic N) is 6. The van der Waals surface area contributed by atoms with Crippen LogP contribution >= 0.6 is 0 Å². The maximum atomic E-state index is 13.7. The molecule has 40 heavy (non-hydrogen) atoms. The zero-order valence-corrected chi connectivity index (χ0v) is 22.9. The normalized spacial score (nSPS) is 19.3. The Morgan fingerprint density at radius 2 is 1.82 bits per heavy atom. The highest BCUT2D eigenvalue weighted by Crippen LogP contribution is 2.35. The number of nitrogens with one attached hydrogen (secondary N) is 1. The molecule has 4 aromatic rings. The molecule has 7 rings (SSSR count). The number of aryl methyl sites for hydroxylation is 1. The Morgan fingerprint density at radius 1 is 1.00 bits per heavy atom. The van der Waals surface area contributed by atoms with E-state index in [0.717, 1.165) is 79.4 Å². The van der Waals surface area contributed by atoms with Crippen LogP contribution in [-0.2, 0) is 6.54 Å². The number of hydrogen-bond donors (Lipinski definition) is 1. The van der Waals surface area contributed by atoms with Gasteiger partial charge in [-0.25, -0.2) is 4.68 Å². The zero-order chi connectivity index (χ0) is 27.1. The number of aromatic amines is 1. The van der Waals surface area contributed by atoms with Gasteiger partial charge in [-0.05, 0) is 64.9 Å². The summed E-state index contributed by atoms with van der Waals surface area (Å²) in [6.45, 7) is 6.51. The number of rotatable bonds is 6. The molecule has 2 aromatic carbocycles. The van der Waals surface area contributed by atoms with Crippen molar-refractivity contribution in [3.8, 4) is 11.5 Å². The van der Waals surface area contributed by atoms with Crippen LogP contribution < -0.4 is 15.0 Å². The first-order chi connectivity index (χ1) is 19.6. The molecule has 1 N–H and O–H groups in total. The molecule has 0 bridgehead atoms. The number of pyridine rings is 1. The molecule has 2 aliphatic heterocycles. The average molecular weight is 542 g/mol. The fourth-order valence-corrected chi connectivity index (χ4v) is 6.55. The first-order valence-corrected chi connectivity index (χ1v) is 14.4. The van der Waals surface area contributed by atoms with E-state index in [2.05, 4.69) is 48.5 Å². The van der Waals surface area contributed by atoms with E-state index in [9.17, 15) is 4.79 Å². The van der Waals surface area contributed by atoms with Crippen LogP contribution in [0.4, 0.5) is 0 Å². The molecule has 208 valence electrons. The first-order valence-electron chi connectivity index (χ1n) is 14.4. The van der Waals surface area contributed by atoms with Crippen molar-refractivity contribution in [2.24, 2.45) is 0 Å². The predicted octanol–water partition coefficient (Wildman–Crippen LogP) is 3.96. The molecule has 2 fully saturated rings. The molecular weight excluding hydrogens is 506 g/mol. The van der Waals surface area contributed by atoms with Crippen LogP contribution in [0.5, 0.6) is 11.5 Å². The van der Waals surface area contributed by atoms with E-state index in [4.69, 9.17) is 9.47 Å². The summed E-state index contributed by atoms with van der Waals surface area (Å²) in [6.07, 6.45) is 5.76. The molecule has 0 spiro atoms. The Kier molecular flexibility index (Phi) is 6.73. The van der Waals surface area contributed by atoms with Crippen LogP contribution in [0, 0.1) is 6.92 Å². The van der Waals surface area contributed by atoms with Gasteiger partial charge in [0.15, 0.2) is 17.3 Å². The first kappa shape index (κ1) is 25.2. The van der Waals surface area contributed by atoms with Crippen molar-refractivity contribution < 1.29 is 9.47 Å². The number of H-pyrrole nitrogens is 1. The average Bonchev–Trinajstić information content (AvgIpc) is 3.65. The van der Waals surface area contributed by atoms with Gasteiger partial charge in [0.05, 0.1) is 11.6 Å². The number of ether oxygens (including phenoxy) is 2. The molecule has 1 saturated carbocycles. The lowest BCUT2D eigenvalue weighted by atomic mass is 9.95. The van der Waals surface area contributed by atoms with Crippen molar-refractivity contribution in [2.45, 2.75) is 57.7 Å². The Morgan fingerprint density at radius 3 is 2.67 bits per heavy atom. The Bertz CT molecular complexity index is 1570. The van der Waals surface area contributed by atoms with Gasteiger partial charge >= 0.3 is 0 Å². The van der Waals surface area contributed by atoms with Gasteiger partial charge in [-0.15, -0.1) is 5.10 Å². The highest BCUT2D eigenvalue weighted by atomic mass is 16.7. The Hall–Kier alpha value is -3.76. The molecular formula is C30H35N7O3. The summed E-state index contributed by atoms with van der Waals surface area (Å²) >= 11 is 0. The standard InChI is InChI=1S/C30H35N7O3/c1-20-6-5-7-22-17-24(30(38)31-27(20)22)28(29-32-33-34-37(29)23-8-3-2-4-9-23)36-14-12-35(13-15-36)18-21-10-11-25-26(16-21)40-19-39-25/h5-7,10-11,16-17,23,28H,2-4,8-9,12-15,18-19H2,1H3,(H,31,38). The maximum absolute atomic E-state index is 13.7. The van der Waals surface area contributed by atoms with Crippen molar-refractivity contribution in [1.82, 2.24) is 35.0 Å². The van der Waals surface area contributed by atoms with Gasteiger partial charge in [0.25, 0.3) is 5.56 Å². The molecule has 0 amide bonds. The maximum Gasteiger partial charge on any atom is 0.253 e. The largest absolute Gasteiger partial charge is 0.454 e. The molecule has 0 radical (unpaired) electrons. The monoisotopic (exact) mass is 541 g/mol. The van der Waals surface area contributed by atoms with Crippen molar-refractivity contribution in [1.29, 1.82) is 0 Å². The van der Waals surface area contributed by atoms with E-state index < -0.39 is 0 Å². The lowest BCUT2D eigenvalue weighted by Crippen LogP contribution is -2.48. The van der Waals surface area contributed by atoms with E-state index in [0.29, 0.717) is 5.56 Å². The number of piperazine rings is 1. The minimum absolute atomic E-state index is 0.0761. The number of para-hydroxylation sites is 1. The third-order valence-corrected chi connectivity index (χ3v) is 8.71. The third-order valence-electron chi connectivity index (χ3n) is 8.71. The van der Waals surface area contributed by atoms with Crippen molar-refractivity contribution in [2.75, 3.05) is 33.0 Å². The van der Waals surface area contributed by atoms with E-state index in [1.54, 1.807) is 0 Å². The fraction of sp³-hybridized carbons (Fsp3) is 0.467. The van der Waals surface area contributed by atoms with Crippen LogP contribution in [0.25, 0.3) is 10.9 Å². The van der Waals surface area contributed by atoms with E-state index >= 15 is 0 Å².